The molecule has 0 aromatic heterocycles. The molecule has 0 unspecified atom stereocenters. The molecule has 1 aromatic rings. The van der Waals surface area contributed by atoms with Crippen LogP contribution in [0.2, 0.25) is 0 Å². The van der Waals surface area contributed by atoms with Crippen molar-refractivity contribution in [3.8, 4) is 0 Å². The van der Waals surface area contributed by atoms with Gasteiger partial charge >= 0.3 is 0 Å². The summed E-state index contributed by atoms with van der Waals surface area (Å²) in [5.41, 5.74) is 0.831. The van der Waals surface area contributed by atoms with E-state index in [1.165, 1.54) is 6.07 Å². The molecule has 0 aliphatic carbocycles. The highest BCUT2D eigenvalue weighted by Gasteiger charge is 2.18. The van der Waals surface area contributed by atoms with Crippen LogP contribution in [-0.2, 0) is 4.79 Å². The lowest BCUT2D eigenvalue weighted by atomic mass is 10.2. The van der Waals surface area contributed by atoms with E-state index in [2.05, 4.69) is 0 Å². The van der Waals surface area contributed by atoms with E-state index in [-0.39, 0.29) is 11.7 Å². The van der Waals surface area contributed by atoms with Crippen molar-refractivity contribution in [2.45, 2.75) is 13.3 Å². The van der Waals surface area contributed by atoms with Gasteiger partial charge in [-0.25, -0.2) is 4.39 Å². The maximum absolute atomic E-state index is 13.9. The van der Waals surface area contributed by atoms with Gasteiger partial charge in [0.2, 0.25) is 5.91 Å². The predicted molar refractivity (Wildman–Crippen MR) is 70.9 cm³/mol. The third kappa shape index (κ3) is 3.10. The number of carbonyl (C=O) groups excluding carboxylic acids is 2. The number of anilines is 1. The standard InChI is InChI=1S/C14H17FN2O2/c1-11(19)16-5-2-6-17(8-7-16)14-4-3-12(10-18)9-13(14)15/h3-4,9-10H,2,5-8H2,1H3. The van der Waals surface area contributed by atoms with Crippen LogP contribution < -0.4 is 4.90 Å². The fourth-order valence-electron chi connectivity index (χ4n) is 2.33. The first kappa shape index (κ1) is 13.5. The molecule has 2 rings (SSSR count). The number of hydrogen-bond donors (Lipinski definition) is 0. The van der Waals surface area contributed by atoms with Gasteiger partial charge in [0.25, 0.3) is 0 Å². The number of benzene rings is 1. The van der Waals surface area contributed by atoms with Gasteiger partial charge in [-0.2, -0.15) is 0 Å². The van der Waals surface area contributed by atoms with Gasteiger partial charge in [0.05, 0.1) is 5.69 Å². The summed E-state index contributed by atoms with van der Waals surface area (Å²) < 4.78 is 13.9. The zero-order valence-electron chi connectivity index (χ0n) is 10.9. The zero-order valence-corrected chi connectivity index (χ0v) is 10.9. The molecule has 0 radical (unpaired) electrons. The summed E-state index contributed by atoms with van der Waals surface area (Å²) >= 11 is 0. The number of rotatable bonds is 2. The van der Waals surface area contributed by atoms with Gasteiger partial charge < -0.3 is 9.80 Å². The van der Waals surface area contributed by atoms with Crippen molar-refractivity contribution in [2.24, 2.45) is 0 Å². The average molecular weight is 264 g/mol. The van der Waals surface area contributed by atoms with E-state index < -0.39 is 0 Å². The molecule has 0 spiro atoms. The van der Waals surface area contributed by atoms with Crippen LogP contribution in [0.1, 0.15) is 23.7 Å². The molecule has 1 heterocycles. The van der Waals surface area contributed by atoms with Crippen LogP contribution in [0.5, 0.6) is 0 Å². The summed E-state index contributed by atoms with van der Waals surface area (Å²) in [7, 11) is 0. The van der Waals surface area contributed by atoms with Gasteiger partial charge in [0, 0.05) is 38.7 Å². The van der Waals surface area contributed by atoms with Crippen LogP contribution in [0.3, 0.4) is 0 Å². The van der Waals surface area contributed by atoms with Crippen molar-refractivity contribution in [3.63, 3.8) is 0 Å². The highest BCUT2D eigenvalue weighted by atomic mass is 19.1. The second-order valence-electron chi connectivity index (χ2n) is 4.68. The van der Waals surface area contributed by atoms with Crippen molar-refractivity contribution < 1.29 is 14.0 Å². The van der Waals surface area contributed by atoms with E-state index in [1.807, 2.05) is 4.90 Å². The first-order valence-corrected chi connectivity index (χ1v) is 6.37. The van der Waals surface area contributed by atoms with Crippen LogP contribution >= 0.6 is 0 Å². The van der Waals surface area contributed by atoms with Crippen molar-refractivity contribution in [3.05, 3.63) is 29.6 Å². The number of carbonyl (C=O) groups is 2. The van der Waals surface area contributed by atoms with Crippen LogP contribution in [0.25, 0.3) is 0 Å². The predicted octanol–water partition coefficient (Wildman–Crippen LogP) is 1.70. The lowest BCUT2D eigenvalue weighted by Gasteiger charge is -2.23. The Morgan fingerprint density at radius 3 is 2.68 bits per heavy atom. The second kappa shape index (κ2) is 5.82. The quantitative estimate of drug-likeness (QED) is 0.763. The van der Waals surface area contributed by atoms with Crippen molar-refractivity contribution in [2.75, 3.05) is 31.1 Å². The Morgan fingerprint density at radius 1 is 1.26 bits per heavy atom. The molecule has 0 bridgehead atoms. The summed E-state index contributed by atoms with van der Waals surface area (Å²) in [5.74, 6) is -0.334. The van der Waals surface area contributed by atoms with Gasteiger partial charge in [-0.15, -0.1) is 0 Å². The van der Waals surface area contributed by atoms with E-state index in [4.69, 9.17) is 0 Å². The Labute approximate surface area is 111 Å². The average Bonchev–Trinajstić information content (AvgIpc) is 2.64. The molecule has 4 nitrogen and oxygen atoms in total. The number of amides is 1. The van der Waals surface area contributed by atoms with E-state index in [0.717, 1.165) is 6.42 Å². The van der Waals surface area contributed by atoms with E-state index in [1.54, 1.807) is 24.0 Å². The zero-order chi connectivity index (χ0) is 13.8. The van der Waals surface area contributed by atoms with Gasteiger partial charge in [0.1, 0.15) is 12.1 Å². The summed E-state index contributed by atoms with van der Waals surface area (Å²) in [6.45, 7) is 4.18. The molecule has 1 aliphatic rings. The molecule has 0 atom stereocenters. The van der Waals surface area contributed by atoms with Crippen LogP contribution in [0.15, 0.2) is 18.2 Å². The fraction of sp³-hybridized carbons (Fsp3) is 0.429. The Kier molecular flexibility index (Phi) is 4.14. The molecular formula is C14H17FN2O2. The molecule has 5 heteroatoms. The molecule has 0 saturated carbocycles. The molecule has 0 N–H and O–H groups in total. The van der Waals surface area contributed by atoms with Gasteiger partial charge in [-0.1, -0.05) is 0 Å². The van der Waals surface area contributed by atoms with Crippen molar-refractivity contribution >= 4 is 17.9 Å². The van der Waals surface area contributed by atoms with Gasteiger partial charge in [-0.3, -0.25) is 9.59 Å². The Balaban J connectivity index is 2.14. The summed E-state index contributed by atoms with van der Waals surface area (Å²) in [4.78, 5) is 25.6. The number of nitrogens with zero attached hydrogens (tertiary/aromatic N) is 2. The first-order chi connectivity index (χ1) is 9.11. The maximum Gasteiger partial charge on any atom is 0.219 e. The lowest BCUT2D eigenvalue weighted by molar-refractivity contribution is -0.128. The minimum Gasteiger partial charge on any atom is -0.367 e. The molecular weight excluding hydrogens is 247 g/mol. The third-order valence-corrected chi connectivity index (χ3v) is 3.39. The third-order valence-electron chi connectivity index (χ3n) is 3.39. The number of halogens is 1. The molecule has 1 aromatic carbocycles. The van der Waals surface area contributed by atoms with E-state index in [9.17, 15) is 14.0 Å². The Morgan fingerprint density at radius 2 is 2.05 bits per heavy atom. The molecule has 1 saturated heterocycles. The van der Waals surface area contributed by atoms with Crippen LogP contribution in [0.4, 0.5) is 10.1 Å². The monoisotopic (exact) mass is 264 g/mol. The largest absolute Gasteiger partial charge is 0.367 e. The van der Waals surface area contributed by atoms with Crippen molar-refractivity contribution in [1.82, 2.24) is 4.90 Å². The molecule has 102 valence electrons. The topological polar surface area (TPSA) is 40.6 Å². The van der Waals surface area contributed by atoms with Gasteiger partial charge in [-0.05, 0) is 24.6 Å². The van der Waals surface area contributed by atoms with Crippen LogP contribution in [0, 0.1) is 5.82 Å². The number of hydrogen-bond acceptors (Lipinski definition) is 3. The number of aldehydes is 1. The second-order valence-corrected chi connectivity index (χ2v) is 4.68. The van der Waals surface area contributed by atoms with Gasteiger partial charge in [0.15, 0.2) is 0 Å². The minimum absolute atomic E-state index is 0.0543. The minimum atomic E-state index is -0.388. The van der Waals surface area contributed by atoms with E-state index in [0.29, 0.717) is 43.7 Å². The molecule has 19 heavy (non-hydrogen) atoms. The highest BCUT2D eigenvalue weighted by Crippen LogP contribution is 2.21. The molecule has 1 fully saturated rings. The van der Waals surface area contributed by atoms with Crippen molar-refractivity contribution in [1.29, 1.82) is 0 Å². The molecule has 1 aliphatic heterocycles. The summed E-state index contributed by atoms with van der Waals surface area (Å²) in [5, 5.41) is 0. The fourth-order valence-corrected chi connectivity index (χ4v) is 2.33. The maximum atomic E-state index is 13.9. The Bertz CT molecular complexity index is 490. The summed E-state index contributed by atoms with van der Waals surface area (Å²) in [6.07, 6.45) is 1.45. The highest BCUT2D eigenvalue weighted by molar-refractivity contribution is 5.76. The SMILES string of the molecule is CC(=O)N1CCCN(c2ccc(C=O)cc2F)CC1. The van der Waals surface area contributed by atoms with Crippen LogP contribution in [-0.4, -0.2) is 43.3 Å². The smallest absolute Gasteiger partial charge is 0.219 e. The Hall–Kier alpha value is -1.91. The lowest BCUT2D eigenvalue weighted by Crippen LogP contribution is -2.33. The first-order valence-electron chi connectivity index (χ1n) is 6.37. The normalized spacial score (nSPS) is 16.1. The van der Waals surface area contributed by atoms with E-state index >= 15 is 0 Å². The molecule has 1 amide bonds. The summed E-state index contributed by atoms with van der Waals surface area (Å²) in [6, 6.07) is 4.48.